The highest BCUT2D eigenvalue weighted by Gasteiger charge is 2.48. The van der Waals surface area contributed by atoms with Crippen LogP contribution in [0.3, 0.4) is 0 Å². The Morgan fingerprint density at radius 3 is 2.16 bits per heavy atom. The first kappa shape index (κ1) is 27.0. The fourth-order valence-corrected chi connectivity index (χ4v) is 5.13. The molecule has 4 rings (SSSR count). The zero-order chi connectivity index (χ0) is 26.5. The van der Waals surface area contributed by atoms with E-state index >= 15 is 0 Å². The minimum atomic E-state index is -1.05. The minimum absolute atomic E-state index is 0.231. The van der Waals surface area contributed by atoms with Gasteiger partial charge in [-0.3, -0.25) is 4.79 Å². The summed E-state index contributed by atoms with van der Waals surface area (Å²) in [4.78, 5) is 28.1. The van der Waals surface area contributed by atoms with Gasteiger partial charge in [0.15, 0.2) is 0 Å². The van der Waals surface area contributed by atoms with Gasteiger partial charge in [0.05, 0.1) is 13.2 Å². The summed E-state index contributed by atoms with van der Waals surface area (Å²) in [5.74, 6) is -0.796. The van der Waals surface area contributed by atoms with Gasteiger partial charge in [-0.2, -0.15) is 0 Å². The molecule has 8 heteroatoms. The average Bonchev–Trinajstić information content (AvgIpc) is 2.89. The number of amides is 1. The van der Waals surface area contributed by atoms with Gasteiger partial charge in [0.1, 0.15) is 24.0 Å². The summed E-state index contributed by atoms with van der Waals surface area (Å²) < 4.78 is 12.0. The topological polar surface area (TPSA) is 76.1 Å². The summed E-state index contributed by atoms with van der Waals surface area (Å²) in [5, 5.41) is 11.3. The van der Waals surface area contributed by atoms with E-state index in [-0.39, 0.29) is 12.3 Å². The SMILES string of the molecule is CCC[C@H](C(=O)O)N1C(=O)[C@H](Cc2ccccc2OC)O[C@@H](c2ccc(Cl)cc2)[C@H]1c1ccc(Cl)cc1. The van der Waals surface area contributed by atoms with Crippen LogP contribution in [0.15, 0.2) is 72.8 Å². The van der Waals surface area contributed by atoms with Crippen molar-refractivity contribution in [3.63, 3.8) is 0 Å². The van der Waals surface area contributed by atoms with Crippen LogP contribution in [0.1, 0.15) is 48.6 Å². The van der Waals surface area contributed by atoms with E-state index < -0.39 is 30.3 Å². The molecule has 1 N–H and O–H groups in total. The number of para-hydroxylation sites is 1. The largest absolute Gasteiger partial charge is 0.496 e. The third-order valence-corrected chi connectivity index (χ3v) is 7.12. The molecule has 0 aliphatic carbocycles. The van der Waals surface area contributed by atoms with Crippen molar-refractivity contribution < 1.29 is 24.2 Å². The smallest absolute Gasteiger partial charge is 0.326 e. The number of carboxylic acids is 1. The summed E-state index contributed by atoms with van der Waals surface area (Å²) >= 11 is 12.3. The molecule has 194 valence electrons. The Hall–Kier alpha value is -3.06. The maximum Gasteiger partial charge on any atom is 0.326 e. The lowest BCUT2D eigenvalue weighted by atomic mass is 9.88. The first-order valence-corrected chi connectivity index (χ1v) is 12.9. The van der Waals surface area contributed by atoms with E-state index in [1.54, 1.807) is 31.4 Å². The van der Waals surface area contributed by atoms with E-state index in [9.17, 15) is 14.7 Å². The first-order chi connectivity index (χ1) is 17.8. The number of carbonyl (C=O) groups is 2. The van der Waals surface area contributed by atoms with Gasteiger partial charge in [0.2, 0.25) is 0 Å². The molecule has 1 aliphatic heterocycles. The van der Waals surface area contributed by atoms with E-state index in [4.69, 9.17) is 32.7 Å². The van der Waals surface area contributed by atoms with Gasteiger partial charge in [-0.25, -0.2) is 4.79 Å². The minimum Gasteiger partial charge on any atom is -0.496 e. The lowest BCUT2D eigenvalue weighted by Crippen LogP contribution is -2.57. The summed E-state index contributed by atoms with van der Waals surface area (Å²) in [6, 6.07) is 20.0. The Bertz CT molecular complexity index is 1230. The summed E-state index contributed by atoms with van der Waals surface area (Å²) in [6.45, 7) is 1.90. The van der Waals surface area contributed by atoms with Crippen molar-refractivity contribution in [1.82, 2.24) is 4.90 Å². The number of hydrogen-bond acceptors (Lipinski definition) is 4. The second-order valence-electron chi connectivity index (χ2n) is 9.00. The summed E-state index contributed by atoms with van der Waals surface area (Å²) in [6.07, 6.45) is -0.430. The normalized spacial score (nSPS) is 20.5. The highest BCUT2D eigenvalue weighted by Crippen LogP contribution is 2.45. The Morgan fingerprint density at radius 2 is 1.59 bits per heavy atom. The van der Waals surface area contributed by atoms with Crippen LogP contribution in [0, 0.1) is 0 Å². The molecular weight excluding hydrogens is 513 g/mol. The fourth-order valence-electron chi connectivity index (χ4n) is 4.88. The summed E-state index contributed by atoms with van der Waals surface area (Å²) in [5.41, 5.74) is 2.31. The van der Waals surface area contributed by atoms with Crippen LogP contribution < -0.4 is 4.74 Å². The van der Waals surface area contributed by atoms with Crippen LogP contribution in [0.4, 0.5) is 0 Å². The fraction of sp³-hybridized carbons (Fsp3) is 0.310. The molecule has 0 spiro atoms. The number of aliphatic carboxylic acids is 1. The van der Waals surface area contributed by atoms with E-state index in [2.05, 4.69) is 0 Å². The van der Waals surface area contributed by atoms with Gasteiger partial charge in [0, 0.05) is 16.5 Å². The number of rotatable bonds is 9. The molecule has 1 saturated heterocycles. The maximum atomic E-state index is 14.1. The molecule has 0 saturated carbocycles. The number of benzene rings is 3. The Balaban J connectivity index is 1.86. The van der Waals surface area contributed by atoms with Crippen molar-refractivity contribution in [2.45, 2.75) is 50.5 Å². The van der Waals surface area contributed by atoms with Crippen molar-refractivity contribution in [3.05, 3.63) is 99.5 Å². The number of hydrogen-bond donors (Lipinski definition) is 1. The van der Waals surface area contributed by atoms with Crippen LogP contribution in [-0.4, -0.2) is 41.1 Å². The number of nitrogens with zero attached hydrogens (tertiary/aromatic N) is 1. The van der Waals surface area contributed by atoms with Gasteiger partial charge in [-0.1, -0.05) is 79.0 Å². The van der Waals surface area contributed by atoms with Crippen LogP contribution in [-0.2, 0) is 20.7 Å². The average molecular weight is 542 g/mol. The number of halogens is 2. The van der Waals surface area contributed by atoms with Crippen molar-refractivity contribution in [2.24, 2.45) is 0 Å². The van der Waals surface area contributed by atoms with Crippen LogP contribution >= 0.6 is 23.2 Å². The summed E-state index contributed by atoms with van der Waals surface area (Å²) in [7, 11) is 1.57. The van der Waals surface area contributed by atoms with Gasteiger partial charge in [0.25, 0.3) is 5.91 Å². The third kappa shape index (κ3) is 5.93. The van der Waals surface area contributed by atoms with Crippen molar-refractivity contribution in [2.75, 3.05) is 7.11 Å². The molecule has 3 aromatic rings. The molecule has 37 heavy (non-hydrogen) atoms. The van der Waals surface area contributed by atoms with E-state index in [1.165, 1.54) is 4.90 Å². The van der Waals surface area contributed by atoms with Crippen molar-refractivity contribution >= 4 is 35.1 Å². The van der Waals surface area contributed by atoms with Gasteiger partial charge in [-0.15, -0.1) is 0 Å². The second kappa shape index (κ2) is 12.0. The number of morpholine rings is 1. The van der Waals surface area contributed by atoms with Crippen molar-refractivity contribution in [1.29, 1.82) is 0 Å². The third-order valence-electron chi connectivity index (χ3n) is 6.62. The molecule has 0 unspecified atom stereocenters. The molecule has 1 heterocycles. The molecule has 1 amide bonds. The standard InChI is InChI=1S/C29H29Cl2NO5/c1-3-6-23(29(34)35)32-26(18-9-13-21(30)14-10-18)27(19-11-15-22(31)16-12-19)37-25(28(32)33)17-20-7-4-5-8-24(20)36-2/h4-5,7-16,23,25-27H,3,6,17H2,1-2H3,(H,34,35)/t23-,25+,26-,27+/m1/s1. The highest BCUT2D eigenvalue weighted by atomic mass is 35.5. The van der Waals surface area contributed by atoms with Crippen molar-refractivity contribution in [3.8, 4) is 5.75 Å². The molecule has 4 atom stereocenters. The lowest BCUT2D eigenvalue weighted by molar-refractivity contribution is -0.184. The number of methoxy groups -OCH3 is 1. The van der Waals surface area contributed by atoms with Crippen LogP contribution in [0.25, 0.3) is 0 Å². The molecule has 1 aliphatic rings. The Kier molecular flexibility index (Phi) is 8.75. The first-order valence-electron chi connectivity index (χ1n) is 12.2. The number of carbonyl (C=O) groups excluding carboxylic acids is 1. The molecule has 6 nitrogen and oxygen atoms in total. The van der Waals surface area contributed by atoms with Gasteiger partial charge in [-0.05, 0) is 53.4 Å². The maximum absolute atomic E-state index is 14.1. The monoisotopic (exact) mass is 541 g/mol. The second-order valence-corrected chi connectivity index (χ2v) is 9.87. The Morgan fingerprint density at radius 1 is 1.00 bits per heavy atom. The van der Waals surface area contributed by atoms with Crippen LogP contribution in [0.2, 0.25) is 10.0 Å². The number of ether oxygens (including phenoxy) is 2. The lowest BCUT2D eigenvalue weighted by Gasteiger charge is -2.47. The highest BCUT2D eigenvalue weighted by molar-refractivity contribution is 6.30. The van der Waals surface area contributed by atoms with Gasteiger partial charge < -0.3 is 19.5 Å². The predicted molar refractivity (Wildman–Crippen MR) is 143 cm³/mol. The zero-order valence-corrected chi connectivity index (χ0v) is 22.2. The van der Waals surface area contributed by atoms with Crippen LogP contribution in [0.5, 0.6) is 5.75 Å². The molecule has 0 aromatic heterocycles. The predicted octanol–water partition coefficient (Wildman–Crippen LogP) is 6.51. The molecule has 0 bridgehead atoms. The van der Waals surface area contributed by atoms with Gasteiger partial charge >= 0.3 is 5.97 Å². The molecule has 3 aromatic carbocycles. The molecular formula is C29H29Cl2NO5. The molecule has 0 radical (unpaired) electrons. The van der Waals surface area contributed by atoms with E-state index in [0.717, 1.165) is 16.7 Å². The Labute approximate surface area is 226 Å². The number of carboxylic acid groups (broad SMARTS) is 1. The quantitative estimate of drug-likeness (QED) is 0.334. The molecule has 1 fully saturated rings. The zero-order valence-electron chi connectivity index (χ0n) is 20.6. The van der Waals surface area contributed by atoms with E-state index in [0.29, 0.717) is 28.6 Å². The van der Waals surface area contributed by atoms with E-state index in [1.807, 2.05) is 55.5 Å².